The first-order chi connectivity index (χ1) is 14.1. The van der Waals surface area contributed by atoms with Crippen LogP contribution >= 0.6 is 23.1 Å². The third-order valence-electron chi connectivity index (χ3n) is 5.04. The predicted octanol–water partition coefficient (Wildman–Crippen LogP) is 5.26. The lowest BCUT2D eigenvalue weighted by Gasteiger charge is -2.27. The van der Waals surface area contributed by atoms with Gasteiger partial charge >= 0.3 is 0 Å². The highest BCUT2D eigenvalue weighted by atomic mass is 32.2. The zero-order valence-electron chi connectivity index (χ0n) is 16.5. The molecule has 29 heavy (non-hydrogen) atoms. The minimum Gasteiger partial charge on any atom is -0.348 e. The highest BCUT2D eigenvalue weighted by Crippen LogP contribution is 2.32. The Balaban J connectivity index is 1.35. The monoisotopic (exact) mass is 424 g/mol. The van der Waals surface area contributed by atoms with E-state index in [9.17, 15) is 4.79 Å². The summed E-state index contributed by atoms with van der Waals surface area (Å²) in [4.78, 5) is 12.8. The number of carbonyl (C=O) groups is 1. The smallest absolute Gasteiger partial charge is 0.233 e. The number of rotatable bonds is 6. The average molecular weight is 425 g/mol. The largest absolute Gasteiger partial charge is 0.348 e. The van der Waals surface area contributed by atoms with Gasteiger partial charge in [0.15, 0.2) is 4.34 Å². The molecule has 1 aliphatic carbocycles. The molecule has 7 heteroatoms. The third kappa shape index (κ3) is 4.97. The molecule has 1 aromatic heterocycles. The Kier molecular flexibility index (Phi) is 6.16. The molecule has 0 radical (unpaired) electrons. The zero-order valence-corrected chi connectivity index (χ0v) is 18.1. The Hall–Kier alpha value is -2.38. The lowest BCUT2D eigenvalue weighted by molar-refractivity contribution is -0.121. The van der Waals surface area contributed by atoms with E-state index in [0.717, 1.165) is 34.4 Å². The van der Waals surface area contributed by atoms with Crippen LogP contribution < -0.4 is 10.6 Å². The van der Waals surface area contributed by atoms with Gasteiger partial charge in [0.2, 0.25) is 11.0 Å². The SMILES string of the molecule is Cc1ccc(Nc2nnc(S[C@H](C)C(=O)N[C@H]3CCCc4ccccc43)s2)cc1. The molecule has 0 unspecified atom stereocenters. The van der Waals surface area contributed by atoms with Gasteiger partial charge in [-0.25, -0.2) is 0 Å². The second kappa shape index (κ2) is 8.97. The fraction of sp³-hybridized carbons (Fsp3) is 0.318. The van der Waals surface area contributed by atoms with Crippen LogP contribution in [0.25, 0.3) is 0 Å². The maximum atomic E-state index is 12.8. The molecule has 1 amide bonds. The normalized spacial score (nSPS) is 16.7. The fourth-order valence-corrected chi connectivity index (χ4v) is 5.39. The van der Waals surface area contributed by atoms with E-state index in [1.54, 1.807) is 0 Å². The molecule has 4 rings (SSSR count). The quantitative estimate of drug-likeness (QED) is 0.528. The van der Waals surface area contributed by atoms with E-state index in [4.69, 9.17) is 0 Å². The summed E-state index contributed by atoms with van der Waals surface area (Å²) in [7, 11) is 0. The van der Waals surface area contributed by atoms with Gasteiger partial charge in [-0.05, 0) is 56.4 Å². The van der Waals surface area contributed by atoms with Gasteiger partial charge < -0.3 is 10.6 Å². The maximum Gasteiger partial charge on any atom is 0.233 e. The van der Waals surface area contributed by atoms with E-state index >= 15 is 0 Å². The van der Waals surface area contributed by atoms with Crippen LogP contribution in [0.15, 0.2) is 52.9 Å². The second-order valence-corrected chi connectivity index (χ2v) is 9.84. The molecular weight excluding hydrogens is 400 g/mol. The standard InChI is InChI=1S/C22H24N4OS2/c1-14-10-12-17(13-11-14)23-21-25-26-22(29-21)28-15(2)20(27)24-19-9-5-7-16-6-3-4-8-18(16)19/h3-4,6,8,10-13,15,19H,5,7,9H2,1-2H3,(H,23,25)(H,24,27)/t15-,19+/m1/s1. The van der Waals surface area contributed by atoms with Gasteiger partial charge in [0.05, 0.1) is 11.3 Å². The Morgan fingerprint density at radius 2 is 1.97 bits per heavy atom. The number of anilines is 2. The molecule has 2 atom stereocenters. The van der Waals surface area contributed by atoms with Gasteiger partial charge in [0.25, 0.3) is 0 Å². The van der Waals surface area contributed by atoms with Crippen LogP contribution in [0.3, 0.4) is 0 Å². The number of thioether (sulfide) groups is 1. The topological polar surface area (TPSA) is 66.9 Å². The molecule has 0 saturated heterocycles. The summed E-state index contributed by atoms with van der Waals surface area (Å²) in [6.07, 6.45) is 3.19. The minimum atomic E-state index is -0.232. The van der Waals surface area contributed by atoms with Crippen molar-refractivity contribution in [1.29, 1.82) is 0 Å². The van der Waals surface area contributed by atoms with Crippen LogP contribution in [-0.2, 0) is 11.2 Å². The van der Waals surface area contributed by atoms with Crippen LogP contribution in [0, 0.1) is 6.92 Å². The van der Waals surface area contributed by atoms with Crippen molar-refractivity contribution in [2.24, 2.45) is 0 Å². The summed E-state index contributed by atoms with van der Waals surface area (Å²) in [5.74, 6) is 0.0416. The first kappa shape index (κ1) is 19.9. The maximum absolute atomic E-state index is 12.8. The second-order valence-electron chi connectivity index (χ2n) is 7.28. The number of hydrogen-bond donors (Lipinski definition) is 2. The third-order valence-corrected chi connectivity index (χ3v) is 7.06. The van der Waals surface area contributed by atoms with Crippen LogP contribution in [0.4, 0.5) is 10.8 Å². The van der Waals surface area contributed by atoms with Crippen molar-refractivity contribution in [3.63, 3.8) is 0 Å². The van der Waals surface area contributed by atoms with Crippen LogP contribution in [0.5, 0.6) is 0 Å². The van der Waals surface area contributed by atoms with Crippen molar-refractivity contribution in [3.05, 3.63) is 65.2 Å². The molecule has 0 saturated carbocycles. The van der Waals surface area contributed by atoms with Crippen LogP contribution in [0.1, 0.15) is 42.5 Å². The number of nitrogens with zero attached hydrogens (tertiary/aromatic N) is 2. The molecule has 1 heterocycles. The number of aromatic nitrogens is 2. The fourth-order valence-electron chi connectivity index (χ4n) is 3.47. The molecule has 0 fully saturated rings. The van der Waals surface area contributed by atoms with Gasteiger partial charge in [-0.1, -0.05) is 65.1 Å². The number of hydrogen-bond acceptors (Lipinski definition) is 6. The molecule has 0 spiro atoms. The van der Waals surface area contributed by atoms with E-state index in [-0.39, 0.29) is 17.2 Å². The van der Waals surface area contributed by atoms with Crippen molar-refractivity contribution in [2.75, 3.05) is 5.32 Å². The Bertz CT molecular complexity index is 986. The van der Waals surface area contributed by atoms with Crippen molar-refractivity contribution in [2.45, 2.75) is 48.7 Å². The number of carbonyl (C=O) groups excluding carboxylic acids is 1. The molecule has 2 aromatic carbocycles. The van der Waals surface area contributed by atoms with Gasteiger partial charge in [0, 0.05) is 5.69 Å². The van der Waals surface area contributed by atoms with E-state index < -0.39 is 0 Å². The van der Waals surface area contributed by atoms with Gasteiger partial charge in [-0.15, -0.1) is 10.2 Å². The molecule has 0 aliphatic heterocycles. The summed E-state index contributed by atoms with van der Waals surface area (Å²) in [6.45, 7) is 3.98. The van der Waals surface area contributed by atoms with Crippen LogP contribution in [0.2, 0.25) is 0 Å². The summed E-state index contributed by atoms with van der Waals surface area (Å²) in [5.41, 5.74) is 4.79. The lowest BCUT2D eigenvalue weighted by atomic mass is 9.88. The van der Waals surface area contributed by atoms with E-state index in [0.29, 0.717) is 0 Å². The molecule has 2 N–H and O–H groups in total. The summed E-state index contributed by atoms with van der Waals surface area (Å²) >= 11 is 2.91. The number of aryl methyl sites for hydroxylation is 2. The predicted molar refractivity (Wildman–Crippen MR) is 120 cm³/mol. The highest BCUT2D eigenvalue weighted by molar-refractivity contribution is 8.02. The average Bonchev–Trinajstić information content (AvgIpc) is 3.16. The van der Waals surface area contributed by atoms with Crippen molar-refractivity contribution < 1.29 is 4.79 Å². The first-order valence-electron chi connectivity index (χ1n) is 9.80. The summed E-state index contributed by atoms with van der Waals surface area (Å²) < 4.78 is 0.784. The number of nitrogens with one attached hydrogen (secondary N) is 2. The molecule has 150 valence electrons. The minimum absolute atomic E-state index is 0.0416. The molecule has 1 aliphatic rings. The molecule has 5 nitrogen and oxygen atoms in total. The zero-order chi connectivity index (χ0) is 20.2. The number of fused-ring (bicyclic) bond motifs is 1. The Morgan fingerprint density at radius 1 is 1.17 bits per heavy atom. The van der Waals surface area contributed by atoms with Gasteiger partial charge in [-0.3, -0.25) is 4.79 Å². The first-order valence-corrected chi connectivity index (χ1v) is 11.5. The molecule has 0 bridgehead atoms. The van der Waals surface area contributed by atoms with Crippen LogP contribution in [-0.4, -0.2) is 21.4 Å². The van der Waals surface area contributed by atoms with Crippen molar-refractivity contribution in [1.82, 2.24) is 15.5 Å². The number of amides is 1. The molecule has 3 aromatic rings. The summed E-state index contributed by atoms with van der Waals surface area (Å²) in [6, 6.07) is 16.6. The van der Waals surface area contributed by atoms with E-state index in [1.807, 2.05) is 25.1 Å². The van der Waals surface area contributed by atoms with E-state index in [1.165, 1.54) is 39.8 Å². The highest BCUT2D eigenvalue weighted by Gasteiger charge is 2.24. The molecular formula is C22H24N4OS2. The lowest BCUT2D eigenvalue weighted by Crippen LogP contribution is -2.35. The van der Waals surface area contributed by atoms with E-state index in [2.05, 4.69) is 58.1 Å². The van der Waals surface area contributed by atoms with Crippen molar-refractivity contribution in [3.8, 4) is 0 Å². The Morgan fingerprint density at radius 3 is 2.79 bits per heavy atom. The Labute approximate surface area is 179 Å². The van der Waals surface area contributed by atoms with Crippen molar-refractivity contribution >= 4 is 39.8 Å². The summed E-state index contributed by atoms with van der Waals surface area (Å²) in [5, 5.41) is 15.4. The van der Waals surface area contributed by atoms with Gasteiger partial charge in [-0.2, -0.15) is 0 Å². The number of benzene rings is 2. The van der Waals surface area contributed by atoms with Gasteiger partial charge in [0.1, 0.15) is 0 Å².